The van der Waals surface area contributed by atoms with Gasteiger partial charge in [0.2, 0.25) is 0 Å². The Balaban J connectivity index is 2.09. The largest absolute Gasteiger partial charge is 0.498 e. The van der Waals surface area contributed by atoms with Gasteiger partial charge in [0, 0.05) is 13.0 Å². The van der Waals surface area contributed by atoms with Crippen LogP contribution in [0.15, 0.2) is 59.4 Å². The number of hydrazine groups is 1. The molecule has 12 heteroatoms. The van der Waals surface area contributed by atoms with Gasteiger partial charge < -0.3 is 9.84 Å². The number of aromatic nitrogens is 1. The SMILES string of the molecule is COC(=O)c1ccc[n+](C2=C(O)C(=O)N(N(C(C)=O)S(=O)(=O)c3ccc(C)cc3)C2=O)c1. The summed E-state index contributed by atoms with van der Waals surface area (Å²) >= 11 is 0. The maximum absolute atomic E-state index is 13.1. The minimum atomic E-state index is -4.67. The van der Waals surface area contributed by atoms with Gasteiger partial charge in [-0.1, -0.05) is 17.7 Å². The fourth-order valence-corrected chi connectivity index (χ4v) is 4.36. The van der Waals surface area contributed by atoms with Crippen LogP contribution in [0.25, 0.3) is 5.70 Å². The summed E-state index contributed by atoms with van der Waals surface area (Å²) in [6, 6.07) is 8.10. The average molecular weight is 460 g/mol. The molecule has 0 radical (unpaired) electrons. The van der Waals surface area contributed by atoms with E-state index in [9.17, 15) is 32.7 Å². The molecular formula is C20H18N3O8S+. The lowest BCUT2D eigenvalue weighted by molar-refractivity contribution is -0.578. The number of carbonyl (C=O) groups excluding carboxylic acids is 4. The number of hydrogen-bond acceptors (Lipinski definition) is 8. The Bertz CT molecular complexity index is 1280. The van der Waals surface area contributed by atoms with Gasteiger partial charge in [-0.15, -0.1) is 4.41 Å². The fraction of sp³-hybridized carbons (Fsp3) is 0.150. The number of benzene rings is 1. The number of imide groups is 1. The van der Waals surface area contributed by atoms with E-state index < -0.39 is 45.2 Å². The maximum atomic E-state index is 13.1. The first-order valence-electron chi connectivity index (χ1n) is 9.05. The van der Waals surface area contributed by atoms with Crippen molar-refractivity contribution in [3.05, 3.63) is 65.7 Å². The van der Waals surface area contributed by atoms with Crippen LogP contribution in [0.2, 0.25) is 0 Å². The molecule has 1 aromatic carbocycles. The number of pyridine rings is 1. The van der Waals surface area contributed by atoms with Gasteiger partial charge in [0.25, 0.3) is 21.7 Å². The molecule has 0 atom stereocenters. The molecule has 0 unspecified atom stereocenters. The van der Waals surface area contributed by atoms with Gasteiger partial charge in [-0.2, -0.15) is 18.0 Å². The van der Waals surface area contributed by atoms with Crippen molar-refractivity contribution < 1.29 is 42.0 Å². The summed E-state index contributed by atoms with van der Waals surface area (Å²) in [6.07, 6.45) is 2.36. The van der Waals surface area contributed by atoms with Gasteiger partial charge in [0.05, 0.1) is 12.0 Å². The van der Waals surface area contributed by atoms with E-state index in [0.717, 1.165) is 30.4 Å². The maximum Gasteiger partial charge on any atom is 0.350 e. The molecule has 11 nitrogen and oxygen atoms in total. The molecule has 1 aliphatic heterocycles. The molecule has 2 heterocycles. The number of nitrogens with zero attached hydrogens (tertiary/aromatic N) is 3. The topological polar surface area (TPSA) is 142 Å². The molecule has 0 spiro atoms. The first-order valence-corrected chi connectivity index (χ1v) is 10.5. The molecule has 0 saturated carbocycles. The molecule has 1 N–H and O–H groups in total. The molecule has 1 aliphatic rings. The van der Waals surface area contributed by atoms with E-state index in [2.05, 4.69) is 4.74 Å². The van der Waals surface area contributed by atoms with Crippen LogP contribution in [0.5, 0.6) is 0 Å². The summed E-state index contributed by atoms with van der Waals surface area (Å²) in [5, 5.41) is 10.4. The summed E-state index contributed by atoms with van der Waals surface area (Å²) in [6.45, 7) is 2.58. The molecule has 0 bridgehead atoms. The molecule has 2 aromatic rings. The van der Waals surface area contributed by atoms with Crippen LogP contribution in [-0.2, 0) is 29.1 Å². The van der Waals surface area contributed by atoms with Gasteiger partial charge in [0.15, 0.2) is 12.4 Å². The van der Waals surface area contributed by atoms with E-state index in [1.807, 2.05) is 0 Å². The average Bonchev–Trinajstić information content (AvgIpc) is 2.96. The van der Waals surface area contributed by atoms with E-state index in [0.29, 0.717) is 0 Å². The Morgan fingerprint density at radius 2 is 1.72 bits per heavy atom. The van der Waals surface area contributed by atoms with Crippen molar-refractivity contribution in [2.24, 2.45) is 0 Å². The van der Waals surface area contributed by atoms with Crippen molar-refractivity contribution in [1.82, 2.24) is 9.42 Å². The summed E-state index contributed by atoms with van der Waals surface area (Å²) in [5.41, 5.74) is 0.0888. The van der Waals surface area contributed by atoms with Crippen molar-refractivity contribution in [3.63, 3.8) is 0 Å². The van der Waals surface area contributed by atoms with Gasteiger partial charge in [0.1, 0.15) is 5.56 Å². The zero-order valence-corrected chi connectivity index (χ0v) is 18.0. The Morgan fingerprint density at radius 1 is 1.09 bits per heavy atom. The minimum absolute atomic E-state index is 0.00370. The smallest absolute Gasteiger partial charge is 0.350 e. The van der Waals surface area contributed by atoms with Crippen LogP contribution in [0, 0.1) is 6.92 Å². The molecule has 3 rings (SSSR count). The predicted octanol–water partition coefficient (Wildman–Crippen LogP) is 0.317. The number of aliphatic hydroxyl groups is 1. The summed E-state index contributed by atoms with van der Waals surface area (Å²) < 4.78 is 31.7. The lowest BCUT2D eigenvalue weighted by Crippen LogP contribution is -2.53. The van der Waals surface area contributed by atoms with Gasteiger partial charge in [-0.25, -0.2) is 4.79 Å². The third-order valence-electron chi connectivity index (χ3n) is 4.49. The van der Waals surface area contributed by atoms with E-state index in [-0.39, 0.29) is 19.9 Å². The fourth-order valence-electron chi connectivity index (χ4n) is 2.97. The number of esters is 1. The number of ether oxygens (including phenoxy) is 1. The molecule has 166 valence electrons. The molecule has 0 fully saturated rings. The third kappa shape index (κ3) is 3.71. The summed E-state index contributed by atoms with van der Waals surface area (Å²) in [7, 11) is -3.53. The number of amides is 3. The number of sulfonamides is 1. The first-order chi connectivity index (χ1) is 15.0. The van der Waals surface area contributed by atoms with E-state index >= 15 is 0 Å². The van der Waals surface area contributed by atoms with Crippen molar-refractivity contribution >= 4 is 39.4 Å². The highest BCUT2D eigenvalue weighted by Crippen LogP contribution is 2.26. The molecule has 1 aromatic heterocycles. The number of aryl methyl sites for hydroxylation is 1. The normalized spacial score (nSPS) is 14.0. The Kier molecular flexibility index (Phi) is 5.82. The van der Waals surface area contributed by atoms with Crippen LogP contribution in [0.1, 0.15) is 22.8 Å². The highest BCUT2D eigenvalue weighted by Gasteiger charge is 2.52. The Morgan fingerprint density at radius 3 is 2.28 bits per heavy atom. The Labute approximate surface area is 182 Å². The van der Waals surface area contributed by atoms with E-state index in [4.69, 9.17) is 0 Å². The minimum Gasteiger partial charge on any atom is -0.498 e. The van der Waals surface area contributed by atoms with E-state index in [1.165, 1.54) is 42.6 Å². The highest BCUT2D eigenvalue weighted by molar-refractivity contribution is 7.89. The lowest BCUT2D eigenvalue weighted by atomic mass is 10.2. The van der Waals surface area contributed by atoms with Crippen LogP contribution in [-0.4, -0.2) is 53.7 Å². The number of hydrogen-bond donors (Lipinski definition) is 1. The number of aliphatic hydroxyl groups excluding tert-OH is 1. The van der Waals surface area contributed by atoms with E-state index in [1.54, 1.807) is 6.92 Å². The van der Waals surface area contributed by atoms with Crippen molar-refractivity contribution in [2.45, 2.75) is 18.7 Å². The predicted molar refractivity (Wildman–Crippen MR) is 107 cm³/mol. The zero-order chi connectivity index (χ0) is 23.8. The molecule has 3 amide bonds. The van der Waals surface area contributed by atoms with Crippen molar-refractivity contribution in [1.29, 1.82) is 0 Å². The monoisotopic (exact) mass is 460 g/mol. The van der Waals surface area contributed by atoms with Gasteiger partial charge in [-0.3, -0.25) is 14.4 Å². The van der Waals surface area contributed by atoms with Crippen molar-refractivity contribution in [2.75, 3.05) is 7.11 Å². The highest BCUT2D eigenvalue weighted by atomic mass is 32.2. The number of methoxy groups -OCH3 is 1. The molecule has 0 aliphatic carbocycles. The van der Waals surface area contributed by atoms with Crippen LogP contribution in [0.4, 0.5) is 0 Å². The number of carbonyl (C=O) groups is 4. The Hall–Kier alpha value is -4.06. The second-order valence-corrected chi connectivity index (χ2v) is 8.46. The summed E-state index contributed by atoms with van der Waals surface area (Å²) in [5.74, 6) is -5.72. The third-order valence-corrected chi connectivity index (χ3v) is 6.24. The molecular weight excluding hydrogens is 442 g/mol. The second kappa shape index (κ2) is 8.23. The van der Waals surface area contributed by atoms with Gasteiger partial charge >= 0.3 is 23.5 Å². The van der Waals surface area contributed by atoms with Crippen molar-refractivity contribution in [3.8, 4) is 0 Å². The quantitative estimate of drug-likeness (QED) is 0.382. The van der Waals surface area contributed by atoms with Crippen LogP contribution < -0.4 is 4.57 Å². The summed E-state index contributed by atoms with van der Waals surface area (Å²) in [4.78, 5) is 49.4. The van der Waals surface area contributed by atoms with Crippen LogP contribution in [0.3, 0.4) is 0 Å². The van der Waals surface area contributed by atoms with Gasteiger partial charge in [-0.05, 0) is 25.1 Å². The zero-order valence-electron chi connectivity index (χ0n) is 17.2. The molecule has 32 heavy (non-hydrogen) atoms. The second-order valence-electron chi connectivity index (χ2n) is 6.69. The standard InChI is InChI=1S/C20H17N3O8S/c1-12-6-8-15(9-7-12)32(29,30)23(13(2)24)22-18(26)16(17(25)19(22)27)21-10-4-5-14(11-21)20(28)31-3/h4-11H,1-3H3/p+1. The lowest BCUT2D eigenvalue weighted by Gasteiger charge is -2.27. The molecule has 0 saturated heterocycles. The first kappa shape index (κ1) is 22.6. The van der Waals surface area contributed by atoms with Crippen LogP contribution >= 0.6 is 0 Å². The number of rotatable bonds is 5.